The molecule has 1 aliphatic heterocycles. The fourth-order valence-corrected chi connectivity index (χ4v) is 4.88. The molecule has 4 rings (SSSR count). The maximum absolute atomic E-state index is 13.3. The van der Waals surface area contributed by atoms with E-state index in [-0.39, 0.29) is 36.8 Å². The van der Waals surface area contributed by atoms with Crippen LogP contribution in [0, 0.1) is 5.92 Å². The van der Waals surface area contributed by atoms with Gasteiger partial charge >= 0.3 is 0 Å². The fraction of sp³-hybridized carbons (Fsp3) is 0.300. The molecule has 3 aromatic rings. The van der Waals surface area contributed by atoms with Gasteiger partial charge in [-0.15, -0.1) is 0 Å². The summed E-state index contributed by atoms with van der Waals surface area (Å²) in [6, 6.07) is 17.8. The smallest absolute Gasteiger partial charge is 0.297 e. The lowest BCUT2D eigenvalue weighted by atomic mass is 9.82. The molecule has 2 atom stereocenters. The lowest BCUT2D eigenvalue weighted by molar-refractivity contribution is -0.139. The topological polar surface area (TPSA) is 112 Å². The third-order valence-corrected chi connectivity index (χ3v) is 7.11. The number of carbonyl (C=O) groups is 2. The number of anilines is 1. The number of carbonyl (C=O) groups excluding carboxylic acids is 2. The van der Waals surface area contributed by atoms with E-state index in [1.807, 2.05) is 30.3 Å². The summed E-state index contributed by atoms with van der Waals surface area (Å²) in [6.07, 6.45) is 4.93. The second kappa shape index (κ2) is 11.7. The van der Waals surface area contributed by atoms with Gasteiger partial charge in [0, 0.05) is 49.9 Å². The number of hydrogen-bond donors (Lipinski definition) is 2. The normalized spacial score (nSPS) is 17.4. The average Bonchev–Trinajstić information content (AvgIpc) is 3.14. The van der Waals surface area contributed by atoms with E-state index in [0.717, 1.165) is 5.56 Å². The van der Waals surface area contributed by atoms with Gasteiger partial charge in [-0.1, -0.05) is 49.4 Å². The number of pyridine rings is 1. The second-order valence-corrected chi connectivity index (χ2v) is 9.53. The molecule has 2 amide bonds. The first-order valence-corrected chi connectivity index (χ1v) is 12.7. The Balaban J connectivity index is 1.57. The Labute approximate surface area is 227 Å². The monoisotopic (exact) mass is 531 g/mol. The van der Waals surface area contributed by atoms with Crippen molar-refractivity contribution in [2.24, 2.45) is 5.92 Å². The highest BCUT2D eigenvalue weighted by atomic mass is 16.5. The number of fused-ring (bicyclic) bond motifs is 1. The minimum Gasteiger partial charge on any atom is -0.491 e. The summed E-state index contributed by atoms with van der Waals surface area (Å²) in [5, 5.41) is 21.2. The van der Waals surface area contributed by atoms with Crippen molar-refractivity contribution in [2.75, 3.05) is 32.2 Å². The number of aromatic nitrogens is 1. The molecule has 9 nitrogen and oxygen atoms in total. The predicted octanol–water partition coefficient (Wildman–Crippen LogP) is 2.61. The number of benzene rings is 2. The molecule has 1 aliphatic rings. The SMILES string of the molecule is COc1cccn(-c2ccc3c(c2)[C@@](O)([C@H](C)/C=C/CC(=O)N(CCO)Cc2ccccc2)C(=O)N3C)c1=O. The highest BCUT2D eigenvalue weighted by molar-refractivity contribution is 6.07. The number of aliphatic hydroxyl groups excluding tert-OH is 1. The minimum absolute atomic E-state index is 0.0450. The molecular weight excluding hydrogens is 498 g/mol. The van der Waals surface area contributed by atoms with Crippen LogP contribution in [-0.4, -0.2) is 58.8 Å². The Bertz CT molecular complexity index is 1430. The first-order chi connectivity index (χ1) is 18.7. The van der Waals surface area contributed by atoms with Crippen LogP contribution in [0.3, 0.4) is 0 Å². The molecule has 2 aromatic carbocycles. The molecule has 0 saturated carbocycles. The van der Waals surface area contributed by atoms with Crippen LogP contribution >= 0.6 is 0 Å². The number of amides is 2. The molecule has 0 fully saturated rings. The van der Waals surface area contributed by atoms with Gasteiger partial charge in [-0.2, -0.15) is 0 Å². The zero-order chi connectivity index (χ0) is 28.2. The van der Waals surface area contributed by atoms with Crippen molar-refractivity contribution < 1.29 is 24.5 Å². The van der Waals surface area contributed by atoms with E-state index in [1.165, 1.54) is 16.6 Å². The molecule has 2 N–H and O–H groups in total. The van der Waals surface area contributed by atoms with Crippen molar-refractivity contribution >= 4 is 17.5 Å². The molecule has 9 heteroatoms. The molecule has 39 heavy (non-hydrogen) atoms. The third kappa shape index (κ3) is 5.36. The van der Waals surface area contributed by atoms with E-state index in [0.29, 0.717) is 23.5 Å². The fourth-order valence-electron chi connectivity index (χ4n) is 4.88. The van der Waals surface area contributed by atoms with Crippen LogP contribution in [0.25, 0.3) is 5.69 Å². The summed E-state index contributed by atoms with van der Waals surface area (Å²) in [7, 11) is 3.01. The molecule has 0 unspecified atom stereocenters. The highest BCUT2D eigenvalue weighted by Crippen LogP contribution is 2.45. The van der Waals surface area contributed by atoms with Crippen LogP contribution in [0.1, 0.15) is 24.5 Å². The number of hydrogen-bond acceptors (Lipinski definition) is 6. The number of likely N-dealkylation sites (N-methyl/N-ethyl adjacent to an activating group) is 1. The number of rotatable bonds is 10. The largest absolute Gasteiger partial charge is 0.491 e. The quantitative estimate of drug-likeness (QED) is 0.389. The molecule has 0 saturated heterocycles. The number of aliphatic hydroxyl groups is 2. The lowest BCUT2D eigenvalue weighted by Gasteiger charge is -2.27. The molecule has 0 radical (unpaired) electrons. The maximum atomic E-state index is 13.3. The van der Waals surface area contributed by atoms with Gasteiger partial charge in [0.15, 0.2) is 11.4 Å². The van der Waals surface area contributed by atoms with Gasteiger partial charge in [0.2, 0.25) is 5.91 Å². The van der Waals surface area contributed by atoms with Crippen LogP contribution in [0.15, 0.2) is 83.8 Å². The van der Waals surface area contributed by atoms with Gasteiger partial charge in [-0.05, 0) is 35.9 Å². The second-order valence-electron chi connectivity index (χ2n) is 9.53. The number of nitrogens with zero attached hydrogens (tertiary/aromatic N) is 3. The van der Waals surface area contributed by atoms with Crippen LogP contribution in [0.4, 0.5) is 5.69 Å². The average molecular weight is 532 g/mol. The Morgan fingerprint density at radius 1 is 1.13 bits per heavy atom. The van der Waals surface area contributed by atoms with E-state index >= 15 is 0 Å². The zero-order valence-corrected chi connectivity index (χ0v) is 22.3. The van der Waals surface area contributed by atoms with Crippen LogP contribution in [-0.2, 0) is 21.7 Å². The van der Waals surface area contributed by atoms with E-state index in [9.17, 15) is 24.6 Å². The van der Waals surface area contributed by atoms with E-state index < -0.39 is 17.4 Å². The highest BCUT2D eigenvalue weighted by Gasteiger charge is 2.51. The summed E-state index contributed by atoms with van der Waals surface area (Å²) < 4.78 is 6.54. The van der Waals surface area contributed by atoms with Crippen molar-refractivity contribution in [3.8, 4) is 11.4 Å². The van der Waals surface area contributed by atoms with Gasteiger partial charge in [0.1, 0.15) is 0 Å². The van der Waals surface area contributed by atoms with Gasteiger partial charge in [-0.3, -0.25) is 19.0 Å². The van der Waals surface area contributed by atoms with Crippen molar-refractivity contribution in [3.05, 3.63) is 100 Å². The maximum Gasteiger partial charge on any atom is 0.297 e. The van der Waals surface area contributed by atoms with Gasteiger partial charge in [0.25, 0.3) is 11.5 Å². The Kier molecular flexibility index (Phi) is 8.32. The third-order valence-electron chi connectivity index (χ3n) is 7.11. The first-order valence-electron chi connectivity index (χ1n) is 12.7. The molecule has 204 valence electrons. The molecule has 0 spiro atoms. The van der Waals surface area contributed by atoms with Crippen LogP contribution in [0.2, 0.25) is 0 Å². The molecule has 2 heterocycles. The number of ether oxygens (including phenoxy) is 1. The Morgan fingerprint density at radius 2 is 1.87 bits per heavy atom. The summed E-state index contributed by atoms with van der Waals surface area (Å²) in [4.78, 5) is 41.9. The summed E-state index contributed by atoms with van der Waals surface area (Å²) in [5.41, 5.74) is 0.0821. The van der Waals surface area contributed by atoms with Crippen LogP contribution in [0.5, 0.6) is 5.75 Å². The standard InChI is InChI=1S/C30H33N3O6/c1-21(9-7-13-27(35)32(17-18-34)20-22-10-5-4-6-11-22)30(38)24-19-23(14-15-25(24)31(2)29(30)37)33-16-8-12-26(39-3)28(33)36/h4-12,14-16,19,21,34,38H,13,17-18,20H2,1-3H3/b9-7+/t21-,30+/m1/s1. The van der Waals surface area contributed by atoms with Gasteiger partial charge < -0.3 is 24.7 Å². The Hall–Kier alpha value is -4.21. The summed E-state index contributed by atoms with van der Waals surface area (Å²) in [5.74, 6) is -1.19. The van der Waals surface area contributed by atoms with Crippen molar-refractivity contribution in [3.63, 3.8) is 0 Å². The summed E-state index contributed by atoms with van der Waals surface area (Å²) >= 11 is 0. The number of methoxy groups -OCH3 is 1. The van der Waals surface area contributed by atoms with Crippen molar-refractivity contribution in [1.29, 1.82) is 0 Å². The summed E-state index contributed by atoms with van der Waals surface area (Å²) in [6.45, 7) is 2.12. The predicted molar refractivity (Wildman–Crippen MR) is 148 cm³/mol. The lowest BCUT2D eigenvalue weighted by Crippen LogP contribution is -2.43. The minimum atomic E-state index is -1.89. The van der Waals surface area contributed by atoms with Crippen LogP contribution < -0.4 is 15.2 Å². The van der Waals surface area contributed by atoms with E-state index in [4.69, 9.17) is 4.74 Å². The zero-order valence-electron chi connectivity index (χ0n) is 22.3. The Morgan fingerprint density at radius 3 is 2.56 bits per heavy atom. The van der Waals surface area contributed by atoms with Gasteiger partial charge in [0.05, 0.1) is 19.4 Å². The van der Waals surface area contributed by atoms with Gasteiger partial charge in [-0.25, -0.2) is 0 Å². The van der Waals surface area contributed by atoms with Crippen molar-refractivity contribution in [1.82, 2.24) is 9.47 Å². The molecular formula is C30H33N3O6. The molecule has 1 aromatic heterocycles. The van der Waals surface area contributed by atoms with E-state index in [2.05, 4.69) is 0 Å². The van der Waals surface area contributed by atoms with Crippen molar-refractivity contribution in [2.45, 2.75) is 25.5 Å². The molecule has 0 aliphatic carbocycles. The molecule has 0 bridgehead atoms. The van der Waals surface area contributed by atoms with E-state index in [1.54, 1.807) is 67.6 Å². The first kappa shape index (κ1) is 27.8.